The number of nitrogens with one attached hydrogen (secondary N) is 2. The molecule has 3 rings (SSSR count). The molecule has 0 aromatic carbocycles. The summed E-state index contributed by atoms with van der Waals surface area (Å²) < 4.78 is 0. The Morgan fingerprint density at radius 1 is 1.45 bits per heavy atom. The van der Waals surface area contributed by atoms with Crippen LogP contribution in [0.5, 0.6) is 0 Å². The van der Waals surface area contributed by atoms with E-state index in [4.69, 9.17) is 0 Å². The molecule has 0 fully saturated rings. The SMILES string of the molecule is CCNC(=O)c1ccnc(N2CCc3[nH]nc(CC)c3C2)c1. The maximum atomic E-state index is 12.0. The number of hydrogen-bond donors (Lipinski definition) is 2. The van der Waals surface area contributed by atoms with E-state index in [0.29, 0.717) is 12.1 Å². The summed E-state index contributed by atoms with van der Waals surface area (Å²) in [5.41, 5.74) is 4.28. The number of aromatic nitrogens is 3. The average Bonchev–Trinajstić information content (AvgIpc) is 2.97. The summed E-state index contributed by atoms with van der Waals surface area (Å²) in [4.78, 5) is 18.6. The predicted molar refractivity (Wildman–Crippen MR) is 85.0 cm³/mol. The lowest BCUT2D eigenvalue weighted by molar-refractivity contribution is 0.0955. The standard InChI is InChI=1S/C16H21N5O/c1-3-13-12-10-21(8-6-14(12)20-19-13)15-9-11(5-7-18-15)16(22)17-4-2/h5,7,9H,3-4,6,8,10H2,1-2H3,(H,17,22)(H,19,20). The summed E-state index contributed by atoms with van der Waals surface area (Å²) in [5.74, 6) is 0.791. The Hall–Kier alpha value is -2.37. The molecule has 0 atom stereocenters. The van der Waals surface area contributed by atoms with Crippen molar-refractivity contribution in [3.05, 3.63) is 40.8 Å². The van der Waals surface area contributed by atoms with Crippen LogP contribution in [0, 0.1) is 0 Å². The molecule has 22 heavy (non-hydrogen) atoms. The summed E-state index contributed by atoms with van der Waals surface area (Å²) in [6.07, 6.45) is 3.55. The van der Waals surface area contributed by atoms with Gasteiger partial charge in [0.2, 0.25) is 0 Å². The van der Waals surface area contributed by atoms with Gasteiger partial charge in [-0.25, -0.2) is 4.98 Å². The molecule has 0 bridgehead atoms. The van der Waals surface area contributed by atoms with Gasteiger partial charge < -0.3 is 10.2 Å². The lowest BCUT2D eigenvalue weighted by atomic mass is 10.0. The number of nitrogens with zero attached hydrogens (tertiary/aromatic N) is 3. The second-order valence-corrected chi connectivity index (χ2v) is 5.41. The van der Waals surface area contributed by atoms with Gasteiger partial charge in [-0.3, -0.25) is 9.89 Å². The van der Waals surface area contributed by atoms with E-state index in [9.17, 15) is 4.79 Å². The number of carbonyl (C=O) groups excluding carboxylic acids is 1. The number of pyridine rings is 1. The van der Waals surface area contributed by atoms with Crippen molar-refractivity contribution in [2.75, 3.05) is 18.0 Å². The Bertz CT molecular complexity index is 665. The Morgan fingerprint density at radius 3 is 3.09 bits per heavy atom. The molecule has 2 aromatic rings. The zero-order chi connectivity index (χ0) is 15.5. The highest BCUT2D eigenvalue weighted by Crippen LogP contribution is 2.24. The quantitative estimate of drug-likeness (QED) is 0.901. The van der Waals surface area contributed by atoms with Crippen LogP contribution in [0.3, 0.4) is 0 Å². The second-order valence-electron chi connectivity index (χ2n) is 5.41. The van der Waals surface area contributed by atoms with E-state index in [1.807, 2.05) is 13.0 Å². The topological polar surface area (TPSA) is 73.9 Å². The minimum Gasteiger partial charge on any atom is -0.352 e. The molecule has 0 radical (unpaired) electrons. The fourth-order valence-corrected chi connectivity index (χ4v) is 2.84. The highest BCUT2D eigenvalue weighted by molar-refractivity contribution is 5.94. The number of hydrogen-bond acceptors (Lipinski definition) is 4. The first-order chi connectivity index (χ1) is 10.7. The maximum Gasteiger partial charge on any atom is 0.251 e. The number of anilines is 1. The summed E-state index contributed by atoms with van der Waals surface area (Å²) in [6.45, 7) is 6.32. The highest BCUT2D eigenvalue weighted by atomic mass is 16.1. The lowest BCUT2D eigenvalue weighted by Gasteiger charge is -2.28. The fourth-order valence-electron chi connectivity index (χ4n) is 2.84. The fraction of sp³-hybridized carbons (Fsp3) is 0.438. The molecule has 0 spiro atoms. The van der Waals surface area contributed by atoms with Crippen LogP contribution in [-0.4, -0.2) is 34.2 Å². The van der Waals surface area contributed by atoms with Crippen molar-refractivity contribution in [1.82, 2.24) is 20.5 Å². The van der Waals surface area contributed by atoms with Gasteiger partial charge in [0.1, 0.15) is 5.82 Å². The molecule has 2 aromatic heterocycles. The molecule has 0 aliphatic carbocycles. The monoisotopic (exact) mass is 299 g/mol. The van der Waals surface area contributed by atoms with Crippen LogP contribution in [0.4, 0.5) is 5.82 Å². The largest absolute Gasteiger partial charge is 0.352 e. The van der Waals surface area contributed by atoms with Crippen molar-refractivity contribution in [3.63, 3.8) is 0 Å². The molecule has 1 amide bonds. The number of fused-ring (bicyclic) bond motifs is 1. The van der Waals surface area contributed by atoms with Crippen molar-refractivity contribution in [2.24, 2.45) is 0 Å². The zero-order valence-corrected chi connectivity index (χ0v) is 13.0. The van der Waals surface area contributed by atoms with Gasteiger partial charge in [-0.05, 0) is 25.5 Å². The van der Waals surface area contributed by atoms with Gasteiger partial charge in [0.15, 0.2) is 0 Å². The van der Waals surface area contributed by atoms with E-state index in [-0.39, 0.29) is 5.91 Å². The van der Waals surface area contributed by atoms with Gasteiger partial charge in [0.25, 0.3) is 5.91 Å². The smallest absolute Gasteiger partial charge is 0.251 e. The van der Waals surface area contributed by atoms with Crippen molar-refractivity contribution >= 4 is 11.7 Å². The minimum atomic E-state index is -0.0543. The average molecular weight is 299 g/mol. The van der Waals surface area contributed by atoms with Crippen molar-refractivity contribution in [3.8, 4) is 0 Å². The lowest BCUT2D eigenvalue weighted by Crippen LogP contribution is -2.31. The number of aryl methyl sites for hydroxylation is 1. The maximum absolute atomic E-state index is 12.0. The van der Waals surface area contributed by atoms with Crippen LogP contribution in [0.15, 0.2) is 18.3 Å². The molecule has 0 unspecified atom stereocenters. The summed E-state index contributed by atoms with van der Waals surface area (Å²) in [7, 11) is 0. The second kappa shape index (κ2) is 6.17. The zero-order valence-electron chi connectivity index (χ0n) is 13.0. The molecule has 0 saturated heterocycles. The van der Waals surface area contributed by atoms with E-state index < -0.39 is 0 Å². The summed E-state index contributed by atoms with van der Waals surface area (Å²) in [5, 5.41) is 10.3. The molecule has 1 aliphatic rings. The van der Waals surface area contributed by atoms with Gasteiger partial charge in [0.05, 0.1) is 5.69 Å². The van der Waals surface area contributed by atoms with E-state index in [0.717, 1.165) is 37.4 Å². The Labute approximate surface area is 129 Å². The van der Waals surface area contributed by atoms with Crippen LogP contribution in [-0.2, 0) is 19.4 Å². The van der Waals surface area contributed by atoms with E-state index in [1.165, 1.54) is 11.3 Å². The van der Waals surface area contributed by atoms with Gasteiger partial charge in [-0.15, -0.1) is 0 Å². The molecule has 0 saturated carbocycles. The molecule has 2 N–H and O–H groups in total. The highest BCUT2D eigenvalue weighted by Gasteiger charge is 2.22. The predicted octanol–water partition coefficient (Wildman–Crippen LogP) is 1.68. The Balaban J connectivity index is 1.83. The van der Waals surface area contributed by atoms with Crippen molar-refractivity contribution < 1.29 is 4.79 Å². The number of aromatic amines is 1. The molecule has 6 nitrogen and oxygen atoms in total. The number of carbonyl (C=O) groups is 1. The minimum absolute atomic E-state index is 0.0543. The van der Waals surface area contributed by atoms with Crippen LogP contribution in [0.1, 0.15) is 41.2 Å². The molecule has 3 heterocycles. The van der Waals surface area contributed by atoms with Crippen LogP contribution in [0.2, 0.25) is 0 Å². The first-order valence-corrected chi connectivity index (χ1v) is 7.77. The first-order valence-electron chi connectivity index (χ1n) is 7.77. The van der Waals surface area contributed by atoms with Gasteiger partial charge in [-0.2, -0.15) is 5.10 Å². The summed E-state index contributed by atoms with van der Waals surface area (Å²) >= 11 is 0. The van der Waals surface area contributed by atoms with Crippen molar-refractivity contribution in [2.45, 2.75) is 33.2 Å². The Morgan fingerprint density at radius 2 is 2.32 bits per heavy atom. The molecule has 6 heteroatoms. The Kier molecular flexibility index (Phi) is 4.09. The van der Waals surface area contributed by atoms with Gasteiger partial charge in [-0.1, -0.05) is 6.92 Å². The number of amides is 1. The third-order valence-electron chi connectivity index (χ3n) is 4.02. The van der Waals surface area contributed by atoms with Gasteiger partial charge in [0, 0.05) is 49.1 Å². The van der Waals surface area contributed by atoms with E-state index >= 15 is 0 Å². The molecular formula is C16H21N5O. The first kappa shape index (κ1) is 14.6. The number of H-pyrrole nitrogens is 1. The summed E-state index contributed by atoms with van der Waals surface area (Å²) in [6, 6.07) is 3.61. The van der Waals surface area contributed by atoms with Gasteiger partial charge >= 0.3 is 0 Å². The molecule has 116 valence electrons. The number of rotatable bonds is 4. The van der Waals surface area contributed by atoms with Crippen LogP contribution in [0.25, 0.3) is 0 Å². The third-order valence-corrected chi connectivity index (χ3v) is 4.02. The van der Waals surface area contributed by atoms with E-state index in [1.54, 1.807) is 12.3 Å². The normalized spacial score (nSPS) is 13.8. The molecule has 1 aliphatic heterocycles. The van der Waals surface area contributed by atoms with Crippen LogP contribution >= 0.6 is 0 Å². The molecular weight excluding hydrogens is 278 g/mol. The van der Waals surface area contributed by atoms with Crippen molar-refractivity contribution in [1.29, 1.82) is 0 Å². The van der Waals surface area contributed by atoms with Crippen LogP contribution < -0.4 is 10.2 Å². The third kappa shape index (κ3) is 2.68. The van der Waals surface area contributed by atoms with E-state index in [2.05, 4.69) is 32.3 Å².